The van der Waals surface area contributed by atoms with E-state index in [1.807, 2.05) is 0 Å². The van der Waals surface area contributed by atoms with E-state index in [1.165, 1.54) is 24.4 Å². The van der Waals surface area contributed by atoms with Crippen molar-refractivity contribution >= 4 is 27.3 Å². The third-order valence-corrected chi connectivity index (χ3v) is 6.29. The van der Waals surface area contributed by atoms with Crippen LogP contribution in [0.2, 0.25) is 0 Å². The van der Waals surface area contributed by atoms with Crippen molar-refractivity contribution < 1.29 is 22.4 Å². The van der Waals surface area contributed by atoms with Gasteiger partial charge in [0, 0.05) is 25.2 Å². The predicted octanol–water partition coefficient (Wildman–Crippen LogP) is 2.22. The van der Waals surface area contributed by atoms with Gasteiger partial charge in [-0.15, -0.1) is 0 Å². The number of nitrogens with two attached hydrogens (primary N) is 1. The Labute approximate surface area is 152 Å². The molecule has 3 rings (SSSR count). The highest BCUT2D eigenvalue weighted by Crippen LogP contribution is 2.28. The summed E-state index contributed by atoms with van der Waals surface area (Å²) in [6, 6.07) is 6.10. The summed E-state index contributed by atoms with van der Waals surface area (Å²) < 4.78 is 37.3. The third kappa shape index (κ3) is 3.40. The quantitative estimate of drug-likeness (QED) is 0.770. The van der Waals surface area contributed by atoms with Crippen LogP contribution in [0.4, 0.5) is 11.4 Å². The van der Waals surface area contributed by atoms with Crippen LogP contribution in [0.1, 0.15) is 29.2 Å². The summed E-state index contributed by atoms with van der Waals surface area (Å²) in [5.41, 5.74) is 6.56. The maximum Gasteiger partial charge on any atom is 0.291 e. The molecule has 8 nitrogen and oxygen atoms in total. The average molecular weight is 379 g/mol. The first-order valence-corrected chi connectivity index (χ1v) is 9.62. The summed E-state index contributed by atoms with van der Waals surface area (Å²) in [6.45, 7) is 2.49. The molecule has 1 aromatic carbocycles. The highest BCUT2D eigenvalue weighted by atomic mass is 32.2. The van der Waals surface area contributed by atoms with Crippen LogP contribution in [0.25, 0.3) is 0 Å². The molecule has 26 heavy (non-hydrogen) atoms. The molecular formula is C17H21N3O5S. The zero-order valence-electron chi connectivity index (χ0n) is 14.6. The molecule has 0 saturated carbocycles. The smallest absolute Gasteiger partial charge is 0.291 e. The fourth-order valence-corrected chi connectivity index (χ4v) is 4.53. The van der Waals surface area contributed by atoms with E-state index in [1.54, 1.807) is 18.2 Å². The Morgan fingerprint density at radius 3 is 2.62 bits per heavy atom. The van der Waals surface area contributed by atoms with Gasteiger partial charge in [-0.3, -0.25) is 4.79 Å². The second-order valence-electron chi connectivity index (χ2n) is 6.05. The van der Waals surface area contributed by atoms with Crippen molar-refractivity contribution in [1.82, 2.24) is 4.31 Å². The van der Waals surface area contributed by atoms with Crippen molar-refractivity contribution in [2.24, 2.45) is 0 Å². The molecule has 0 unspecified atom stereocenters. The Morgan fingerprint density at radius 2 is 1.96 bits per heavy atom. The number of furan rings is 1. The van der Waals surface area contributed by atoms with E-state index in [-0.39, 0.29) is 16.4 Å². The molecule has 0 aliphatic carbocycles. The van der Waals surface area contributed by atoms with Gasteiger partial charge in [-0.1, -0.05) is 0 Å². The fraction of sp³-hybridized carbons (Fsp3) is 0.353. The Kier molecular flexibility index (Phi) is 4.92. The zero-order chi connectivity index (χ0) is 18.9. The minimum atomic E-state index is -3.66. The van der Waals surface area contributed by atoms with E-state index in [0.29, 0.717) is 30.2 Å². The van der Waals surface area contributed by atoms with Gasteiger partial charge in [-0.25, -0.2) is 8.42 Å². The summed E-state index contributed by atoms with van der Waals surface area (Å²) in [4.78, 5) is 12.5. The highest BCUT2D eigenvalue weighted by Gasteiger charge is 2.31. The van der Waals surface area contributed by atoms with Crippen LogP contribution in [0, 0.1) is 6.92 Å². The van der Waals surface area contributed by atoms with Gasteiger partial charge < -0.3 is 20.2 Å². The highest BCUT2D eigenvalue weighted by molar-refractivity contribution is 7.89. The number of rotatable bonds is 5. The summed E-state index contributed by atoms with van der Waals surface area (Å²) in [6.07, 6.45) is 1.66. The van der Waals surface area contributed by atoms with Crippen LogP contribution in [-0.2, 0) is 10.0 Å². The molecule has 0 atom stereocenters. The number of nitrogens with one attached hydrogen (secondary N) is 1. The second kappa shape index (κ2) is 7.00. The standard InChI is InChI=1S/C17H21N3O5S/c1-11-16(26(22,23)20-7-3-4-8-20)10-15(25-11)17(21)19-14-9-12(24-2)5-6-13(14)18/h5-6,9-10H,3-4,7-8,18H2,1-2H3,(H,19,21). The van der Waals surface area contributed by atoms with Gasteiger partial charge in [0.05, 0.1) is 18.5 Å². The monoisotopic (exact) mass is 379 g/mol. The minimum absolute atomic E-state index is 0.0168. The van der Waals surface area contributed by atoms with Gasteiger partial charge in [-0.2, -0.15) is 4.31 Å². The molecule has 9 heteroatoms. The van der Waals surface area contributed by atoms with Crippen molar-refractivity contribution in [2.75, 3.05) is 31.2 Å². The lowest BCUT2D eigenvalue weighted by Crippen LogP contribution is -2.28. The van der Waals surface area contributed by atoms with Gasteiger partial charge in [0.1, 0.15) is 16.4 Å². The SMILES string of the molecule is COc1ccc(N)c(NC(=O)c2cc(S(=O)(=O)N3CCCC3)c(C)o2)c1. The lowest BCUT2D eigenvalue weighted by atomic mass is 10.2. The maximum absolute atomic E-state index is 12.7. The van der Waals surface area contributed by atoms with E-state index in [9.17, 15) is 13.2 Å². The number of benzene rings is 1. The number of carbonyl (C=O) groups excluding carboxylic acids is 1. The Morgan fingerprint density at radius 1 is 1.27 bits per heavy atom. The van der Waals surface area contributed by atoms with Crippen LogP contribution >= 0.6 is 0 Å². The van der Waals surface area contributed by atoms with E-state index in [2.05, 4.69) is 5.32 Å². The normalized spacial score (nSPS) is 15.2. The Balaban J connectivity index is 1.86. The first-order valence-electron chi connectivity index (χ1n) is 8.18. The molecule has 2 heterocycles. The molecule has 1 amide bonds. The molecule has 140 valence electrons. The van der Waals surface area contributed by atoms with Crippen molar-refractivity contribution in [2.45, 2.75) is 24.7 Å². The van der Waals surface area contributed by atoms with Crippen LogP contribution in [0.3, 0.4) is 0 Å². The Hall–Kier alpha value is -2.52. The number of anilines is 2. The lowest BCUT2D eigenvalue weighted by molar-refractivity contribution is 0.0995. The van der Waals surface area contributed by atoms with Crippen LogP contribution in [-0.4, -0.2) is 38.8 Å². The van der Waals surface area contributed by atoms with Crippen molar-refractivity contribution in [1.29, 1.82) is 0 Å². The van der Waals surface area contributed by atoms with Gasteiger partial charge in [0.15, 0.2) is 5.76 Å². The van der Waals surface area contributed by atoms with Crippen LogP contribution in [0.5, 0.6) is 5.75 Å². The van der Waals surface area contributed by atoms with Gasteiger partial charge in [0.25, 0.3) is 5.91 Å². The lowest BCUT2D eigenvalue weighted by Gasteiger charge is -2.14. The maximum atomic E-state index is 12.7. The summed E-state index contributed by atoms with van der Waals surface area (Å²) in [7, 11) is -2.16. The predicted molar refractivity (Wildman–Crippen MR) is 96.8 cm³/mol. The number of aryl methyl sites for hydroxylation is 1. The summed E-state index contributed by atoms with van der Waals surface area (Å²) in [5, 5.41) is 2.62. The van der Waals surface area contributed by atoms with Crippen molar-refractivity contribution in [3.8, 4) is 5.75 Å². The summed E-state index contributed by atoms with van der Waals surface area (Å²) in [5.74, 6) is 0.0292. The number of amides is 1. The second-order valence-corrected chi connectivity index (χ2v) is 7.96. The molecular weight excluding hydrogens is 358 g/mol. The first-order chi connectivity index (χ1) is 12.3. The molecule has 0 radical (unpaired) electrons. The molecule has 1 aromatic heterocycles. The van der Waals surface area contributed by atoms with Crippen LogP contribution < -0.4 is 15.8 Å². The molecule has 3 N–H and O–H groups in total. The molecule has 1 aliphatic heterocycles. The van der Waals surface area contributed by atoms with Gasteiger partial charge in [-0.05, 0) is 31.9 Å². The number of ether oxygens (including phenoxy) is 1. The van der Waals surface area contributed by atoms with Crippen molar-refractivity contribution in [3.63, 3.8) is 0 Å². The van der Waals surface area contributed by atoms with E-state index in [4.69, 9.17) is 14.9 Å². The fourth-order valence-electron chi connectivity index (χ4n) is 2.86. The number of nitrogens with zero attached hydrogens (tertiary/aromatic N) is 1. The number of carbonyl (C=O) groups is 1. The number of hydrogen-bond acceptors (Lipinski definition) is 6. The Bertz CT molecular complexity index is 930. The van der Waals surface area contributed by atoms with Gasteiger partial charge >= 0.3 is 0 Å². The minimum Gasteiger partial charge on any atom is -0.497 e. The molecule has 2 aromatic rings. The van der Waals surface area contributed by atoms with Crippen LogP contribution in [0.15, 0.2) is 33.6 Å². The number of nitrogen functional groups attached to an aromatic ring is 1. The zero-order valence-corrected chi connectivity index (χ0v) is 15.4. The van der Waals surface area contributed by atoms with Gasteiger partial charge in [0.2, 0.25) is 10.0 Å². The number of hydrogen-bond donors (Lipinski definition) is 2. The average Bonchev–Trinajstić information content (AvgIpc) is 3.27. The molecule has 1 fully saturated rings. The van der Waals surface area contributed by atoms with E-state index < -0.39 is 15.9 Å². The summed E-state index contributed by atoms with van der Waals surface area (Å²) >= 11 is 0. The molecule has 1 aliphatic rings. The largest absolute Gasteiger partial charge is 0.497 e. The topological polar surface area (TPSA) is 115 Å². The van der Waals surface area contributed by atoms with Crippen molar-refractivity contribution in [3.05, 3.63) is 35.8 Å². The van der Waals surface area contributed by atoms with E-state index >= 15 is 0 Å². The molecule has 0 bridgehead atoms. The molecule has 1 saturated heterocycles. The van der Waals surface area contributed by atoms with E-state index in [0.717, 1.165) is 12.8 Å². The number of methoxy groups -OCH3 is 1. The number of sulfonamides is 1. The third-order valence-electron chi connectivity index (χ3n) is 4.29. The molecule has 0 spiro atoms. The first kappa shape index (κ1) is 18.3.